The van der Waals surface area contributed by atoms with Crippen LogP contribution < -0.4 is 0 Å². The van der Waals surface area contributed by atoms with Gasteiger partial charge in [-0.1, -0.05) is 54.4 Å². The molecule has 0 radical (unpaired) electrons. The lowest BCUT2D eigenvalue weighted by Crippen LogP contribution is -2.67. The zero-order chi connectivity index (χ0) is 30.1. The first-order valence-corrected chi connectivity index (χ1v) is 16.2. The molecule has 1 heterocycles. The number of esters is 3. The maximum Gasteiger partial charge on any atom is 0.335 e. The van der Waals surface area contributed by atoms with Crippen LogP contribution in [-0.2, 0) is 28.6 Å². The van der Waals surface area contributed by atoms with Crippen LogP contribution in [0.5, 0.6) is 0 Å². The molecule has 11 atom stereocenters. The van der Waals surface area contributed by atoms with Crippen LogP contribution in [0.3, 0.4) is 0 Å². The van der Waals surface area contributed by atoms with Gasteiger partial charge < -0.3 is 19.3 Å². The Labute approximate surface area is 246 Å². The highest BCUT2D eigenvalue weighted by Gasteiger charge is 2.71. The van der Waals surface area contributed by atoms with Gasteiger partial charge in [0.15, 0.2) is 0 Å². The number of aliphatic hydroxyl groups excluding tert-OH is 1. The fourth-order valence-corrected chi connectivity index (χ4v) is 11.0. The normalized spacial score (nSPS) is 45.9. The second kappa shape index (κ2) is 10.4. The summed E-state index contributed by atoms with van der Waals surface area (Å²) in [6.07, 6.45) is 6.25. The van der Waals surface area contributed by atoms with E-state index in [0.717, 1.165) is 31.3 Å². The molecule has 5 aliphatic rings. The Kier molecular flexibility index (Phi) is 7.74. The Morgan fingerprint density at radius 2 is 1.68 bits per heavy atom. The third-order valence-electron chi connectivity index (χ3n) is 13.1. The molecule has 0 amide bonds. The van der Waals surface area contributed by atoms with Crippen molar-refractivity contribution < 1.29 is 33.7 Å². The Morgan fingerprint density at radius 3 is 2.32 bits per heavy atom. The molecule has 0 aromatic carbocycles. The molecule has 0 spiro atoms. The topological polar surface area (TPSA) is 99.1 Å². The number of hydrogen-bond donors (Lipinski definition) is 1. The van der Waals surface area contributed by atoms with Crippen LogP contribution in [0.4, 0.5) is 0 Å². The van der Waals surface area contributed by atoms with E-state index < -0.39 is 35.8 Å². The molecule has 1 N–H and O–H groups in total. The average molecular weight is 573 g/mol. The van der Waals surface area contributed by atoms with E-state index >= 15 is 0 Å². The molecular weight excluding hydrogens is 520 g/mol. The molecule has 0 aromatic heterocycles. The van der Waals surface area contributed by atoms with Gasteiger partial charge in [0.2, 0.25) is 0 Å². The predicted octanol–water partition coefficient (Wildman–Crippen LogP) is 6.30. The number of rotatable bonds is 6. The minimum atomic E-state index is -0.780. The zero-order valence-electron chi connectivity index (χ0n) is 26.5. The van der Waals surface area contributed by atoms with Gasteiger partial charge in [-0.15, -0.1) is 0 Å². The van der Waals surface area contributed by atoms with E-state index in [-0.39, 0.29) is 46.4 Å². The maximum atomic E-state index is 13.6. The smallest absolute Gasteiger partial charge is 0.335 e. The third-order valence-corrected chi connectivity index (χ3v) is 13.1. The van der Waals surface area contributed by atoms with Gasteiger partial charge >= 0.3 is 17.9 Å². The summed E-state index contributed by atoms with van der Waals surface area (Å²) >= 11 is 0. The first-order chi connectivity index (χ1) is 19.2. The Morgan fingerprint density at radius 1 is 1.00 bits per heavy atom. The van der Waals surface area contributed by atoms with Gasteiger partial charge in [-0.2, -0.15) is 0 Å². The van der Waals surface area contributed by atoms with Gasteiger partial charge in [0, 0.05) is 17.9 Å². The number of carbonyl (C=O) groups is 3. The van der Waals surface area contributed by atoms with Gasteiger partial charge in [-0.25, -0.2) is 4.79 Å². The Hall–Kier alpha value is -1.89. The fraction of sp³-hybridized carbons (Fsp3) is 0.853. The van der Waals surface area contributed by atoms with E-state index in [1.165, 1.54) is 19.8 Å². The predicted molar refractivity (Wildman–Crippen MR) is 154 cm³/mol. The standard InChI is InChI=1S/C34H52O7/c1-9-21(36)16-27(37)41-26-18-24-32(6)14-11-13-31(5,10-2)23(32)12-15-33(24,7)25-17-22(40-20(4)35)28-19(3)39-30(38)29(28)34(25,26)8/h19,21-26,36H,9-18H2,1-8H3. The first-order valence-electron chi connectivity index (χ1n) is 16.2. The van der Waals surface area contributed by atoms with Crippen LogP contribution in [-0.4, -0.2) is 47.4 Å². The van der Waals surface area contributed by atoms with Crippen LogP contribution in [0.15, 0.2) is 11.1 Å². The van der Waals surface area contributed by atoms with Gasteiger partial charge in [0.25, 0.3) is 0 Å². The lowest BCUT2D eigenvalue weighted by Gasteiger charge is -2.70. The molecule has 1 aliphatic heterocycles. The second-order valence-corrected chi connectivity index (χ2v) is 15.0. The molecule has 0 saturated heterocycles. The summed E-state index contributed by atoms with van der Waals surface area (Å²) in [4.78, 5) is 39.3. The van der Waals surface area contributed by atoms with Crippen molar-refractivity contribution in [2.75, 3.05) is 0 Å². The van der Waals surface area contributed by atoms with Crippen molar-refractivity contribution in [2.45, 2.75) is 144 Å². The second-order valence-electron chi connectivity index (χ2n) is 15.0. The molecule has 7 nitrogen and oxygen atoms in total. The summed E-state index contributed by atoms with van der Waals surface area (Å²) in [5.41, 5.74) is 0.713. The quantitative estimate of drug-likeness (QED) is 0.294. The number of aliphatic hydroxyl groups is 1. The molecule has 41 heavy (non-hydrogen) atoms. The van der Waals surface area contributed by atoms with E-state index in [1.54, 1.807) is 0 Å². The number of ether oxygens (including phenoxy) is 3. The van der Waals surface area contributed by atoms with E-state index in [2.05, 4.69) is 34.6 Å². The highest BCUT2D eigenvalue weighted by Crippen LogP contribution is 2.74. The summed E-state index contributed by atoms with van der Waals surface area (Å²) in [7, 11) is 0. The van der Waals surface area contributed by atoms with E-state index in [1.807, 2.05) is 13.8 Å². The van der Waals surface area contributed by atoms with Crippen LogP contribution in [0.2, 0.25) is 0 Å². The molecule has 11 unspecified atom stereocenters. The number of carbonyl (C=O) groups excluding carboxylic acids is 3. The summed E-state index contributed by atoms with van der Waals surface area (Å²) < 4.78 is 18.1. The molecule has 0 bridgehead atoms. The van der Waals surface area contributed by atoms with Gasteiger partial charge in [0.1, 0.15) is 18.3 Å². The lowest BCUT2D eigenvalue weighted by atomic mass is 9.34. The molecule has 3 saturated carbocycles. The first kappa shape index (κ1) is 30.6. The Balaban J connectivity index is 1.66. The maximum absolute atomic E-state index is 13.6. The minimum Gasteiger partial charge on any atom is -0.461 e. The third kappa shape index (κ3) is 4.50. The summed E-state index contributed by atoms with van der Waals surface area (Å²) in [5, 5.41) is 10.3. The van der Waals surface area contributed by atoms with Gasteiger partial charge in [-0.3, -0.25) is 9.59 Å². The van der Waals surface area contributed by atoms with Crippen LogP contribution in [0, 0.1) is 39.4 Å². The monoisotopic (exact) mass is 572 g/mol. The molecular formula is C34H52O7. The van der Waals surface area contributed by atoms with Crippen LogP contribution in [0.25, 0.3) is 0 Å². The Bertz CT molecular complexity index is 1130. The number of cyclic esters (lactones) is 1. The molecule has 7 heteroatoms. The van der Waals surface area contributed by atoms with E-state index in [4.69, 9.17) is 14.2 Å². The summed E-state index contributed by atoms with van der Waals surface area (Å²) in [5.74, 6) is -0.361. The van der Waals surface area contributed by atoms with Crippen molar-refractivity contribution >= 4 is 17.9 Å². The minimum absolute atomic E-state index is 0.0452. The molecule has 0 aromatic rings. The summed E-state index contributed by atoms with van der Waals surface area (Å²) in [6.45, 7) is 16.9. The van der Waals surface area contributed by atoms with Crippen LogP contribution >= 0.6 is 0 Å². The fourth-order valence-electron chi connectivity index (χ4n) is 11.0. The van der Waals surface area contributed by atoms with Crippen molar-refractivity contribution in [3.05, 3.63) is 11.1 Å². The van der Waals surface area contributed by atoms with Crippen molar-refractivity contribution in [1.29, 1.82) is 0 Å². The van der Waals surface area contributed by atoms with Gasteiger partial charge in [0.05, 0.1) is 18.1 Å². The lowest BCUT2D eigenvalue weighted by molar-refractivity contribution is -0.232. The number of fused-ring (bicyclic) bond motifs is 6. The van der Waals surface area contributed by atoms with Gasteiger partial charge in [-0.05, 0) is 85.9 Å². The SMILES string of the molecule is CCC(O)CC(=O)OC1CC2C3(C)CCCC(C)(CC)C3CCC2(C)C2CC(OC(C)=O)C3=C(C(=O)OC3C)C12C. The largest absolute Gasteiger partial charge is 0.461 e. The van der Waals surface area contributed by atoms with Crippen molar-refractivity contribution in [3.8, 4) is 0 Å². The van der Waals surface area contributed by atoms with Crippen molar-refractivity contribution in [2.24, 2.45) is 39.4 Å². The molecule has 3 fully saturated rings. The highest BCUT2D eigenvalue weighted by molar-refractivity contribution is 5.95. The molecule has 4 aliphatic carbocycles. The van der Waals surface area contributed by atoms with Crippen molar-refractivity contribution in [3.63, 3.8) is 0 Å². The molecule has 5 rings (SSSR count). The summed E-state index contributed by atoms with van der Waals surface area (Å²) in [6, 6.07) is 0. The zero-order valence-corrected chi connectivity index (χ0v) is 26.5. The number of hydrogen-bond acceptors (Lipinski definition) is 7. The average Bonchev–Trinajstić information content (AvgIpc) is 3.20. The van der Waals surface area contributed by atoms with Crippen molar-refractivity contribution in [1.82, 2.24) is 0 Å². The molecule has 230 valence electrons. The highest BCUT2D eigenvalue weighted by atomic mass is 16.6. The van der Waals surface area contributed by atoms with E-state index in [0.29, 0.717) is 30.8 Å². The van der Waals surface area contributed by atoms with E-state index in [9.17, 15) is 19.5 Å². The van der Waals surface area contributed by atoms with Crippen LogP contribution in [0.1, 0.15) is 120 Å².